The van der Waals surface area contributed by atoms with Gasteiger partial charge in [0.15, 0.2) is 0 Å². The van der Waals surface area contributed by atoms with Crippen LogP contribution in [0.5, 0.6) is 0 Å². The van der Waals surface area contributed by atoms with Gasteiger partial charge in [-0.05, 0) is 35.7 Å². The molecular weight excluding hydrogens is 357 g/mol. The van der Waals surface area contributed by atoms with E-state index in [0.717, 1.165) is 5.56 Å². The fourth-order valence-electron chi connectivity index (χ4n) is 2.34. The van der Waals surface area contributed by atoms with Crippen LogP contribution in [0.3, 0.4) is 0 Å². The number of halogens is 1. The molecule has 3 rings (SSSR count). The predicted octanol–water partition coefficient (Wildman–Crippen LogP) is 3.48. The van der Waals surface area contributed by atoms with Crippen LogP contribution in [0.4, 0.5) is 4.39 Å². The zero-order valence-electron chi connectivity index (χ0n) is 14.3. The van der Waals surface area contributed by atoms with Crippen molar-refractivity contribution in [2.45, 2.75) is 31.2 Å². The van der Waals surface area contributed by atoms with Crippen LogP contribution in [-0.2, 0) is 16.6 Å². The van der Waals surface area contributed by atoms with Crippen molar-refractivity contribution in [3.63, 3.8) is 0 Å². The minimum atomic E-state index is -3.72. The van der Waals surface area contributed by atoms with Crippen LogP contribution < -0.4 is 4.72 Å². The Bertz CT molecular complexity index is 999. The third-order valence-corrected chi connectivity index (χ3v) is 5.26. The molecule has 0 aliphatic carbocycles. The molecule has 1 aromatic heterocycles. The van der Waals surface area contributed by atoms with Crippen LogP contribution in [0.2, 0.25) is 0 Å². The Morgan fingerprint density at radius 1 is 1.08 bits per heavy atom. The second-order valence-electron chi connectivity index (χ2n) is 6.03. The third kappa shape index (κ3) is 3.97. The molecule has 2 aromatic carbocycles. The number of aromatic nitrogens is 2. The first-order valence-corrected chi connectivity index (χ1v) is 9.52. The van der Waals surface area contributed by atoms with E-state index in [2.05, 4.69) is 14.9 Å². The monoisotopic (exact) mass is 375 g/mol. The Labute approximate surface area is 151 Å². The quantitative estimate of drug-likeness (QED) is 0.713. The van der Waals surface area contributed by atoms with Crippen molar-refractivity contribution in [3.8, 4) is 11.5 Å². The van der Waals surface area contributed by atoms with Crippen molar-refractivity contribution < 1.29 is 17.2 Å². The zero-order chi connectivity index (χ0) is 18.7. The van der Waals surface area contributed by atoms with Crippen LogP contribution in [-0.4, -0.2) is 18.6 Å². The minimum Gasteiger partial charge on any atom is -0.419 e. The number of rotatable bonds is 6. The van der Waals surface area contributed by atoms with Gasteiger partial charge >= 0.3 is 0 Å². The fourth-order valence-corrected chi connectivity index (χ4v) is 3.32. The van der Waals surface area contributed by atoms with E-state index in [4.69, 9.17) is 4.42 Å². The number of hydrogen-bond acceptors (Lipinski definition) is 5. The smallest absolute Gasteiger partial charge is 0.250 e. The van der Waals surface area contributed by atoms with Gasteiger partial charge in [0, 0.05) is 0 Å². The lowest BCUT2D eigenvalue weighted by Gasteiger charge is -2.08. The molecule has 6 nitrogen and oxygen atoms in total. The van der Waals surface area contributed by atoms with Crippen molar-refractivity contribution in [2.75, 3.05) is 0 Å². The lowest BCUT2D eigenvalue weighted by Crippen LogP contribution is -2.23. The van der Waals surface area contributed by atoms with E-state index < -0.39 is 15.8 Å². The molecule has 0 saturated carbocycles. The largest absolute Gasteiger partial charge is 0.419 e. The summed E-state index contributed by atoms with van der Waals surface area (Å²) in [6, 6.07) is 12.6. The molecule has 0 unspecified atom stereocenters. The maximum Gasteiger partial charge on any atom is 0.250 e. The highest BCUT2D eigenvalue weighted by atomic mass is 32.2. The average Bonchev–Trinajstić information content (AvgIpc) is 3.09. The second-order valence-corrected chi connectivity index (χ2v) is 7.80. The van der Waals surface area contributed by atoms with Gasteiger partial charge in [-0.1, -0.05) is 38.1 Å². The van der Waals surface area contributed by atoms with Crippen molar-refractivity contribution in [2.24, 2.45) is 0 Å². The Hall–Kier alpha value is -2.58. The fraction of sp³-hybridized carbons (Fsp3) is 0.222. The normalized spacial score (nSPS) is 11.8. The number of nitrogens with one attached hydrogen (secondary N) is 1. The van der Waals surface area contributed by atoms with E-state index >= 15 is 0 Å². The molecule has 0 fully saturated rings. The number of nitrogens with zero attached hydrogens (tertiary/aromatic N) is 2. The Kier molecular flexibility index (Phi) is 5.15. The summed E-state index contributed by atoms with van der Waals surface area (Å²) in [7, 11) is -3.72. The molecule has 1 N–H and O–H groups in total. The number of hydrogen-bond donors (Lipinski definition) is 1. The molecule has 0 atom stereocenters. The standard InChI is InChI=1S/C18H18FN3O3S/c1-12(2)13-7-9-14(10-8-13)26(23,24)20-11-17-21-22-18(25-17)15-5-3-4-6-16(15)19/h3-10,12,20H,11H2,1-2H3. The minimum absolute atomic E-state index is 0.00131. The van der Waals surface area contributed by atoms with Crippen molar-refractivity contribution in [3.05, 3.63) is 65.8 Å². The van der Waals surface area contributed by atoms with Crippen LogP contribution >= 0.6 is 0 Å². The van der Waals surface area contributed by atoms with E-state index in [9.17, 15) is 12.8 Å². The molecule has 0 bridgehead atoms. The lowest BCUT2D eigenvalue weighted by molar-refractivity contribution is 0.491. The van der Waals surface area contributed by atoms with Crippen LogP contribution in [0, 0.1) is 5.82 Å². The van der Waals surface area contributed by atoms with Crippen LogP contribution in [0.25, 0.3) is 11.5 Å². The van der Waals surface area contributed by atoms with Crippen molar-refractivity contribution in [1.29, 1.82) is 0 Å². The molecule has 0 saturated heterocycles. The van der Waals surface area contributed by atoms with Gasteiger partial charge < -0.3 is 4.42 Å². The first-order valence-electron chi connectivity index (χ1n) is 8.04. The Morgan fingerprint density at radius 3 is 2.42 bits per heavy atom. The van der Waals surface area contributed by atoms with Gasteiger partial charge in [-0.2, -0.15) is 0 Å². The molecule has 0 amide bonds. The maximum atomic E-state index is 13.7. The van der Waals surface area contributed by atoms with E-state index in [1.165, 1.54) is 12.1 Å². The van der Waals surface area contributed by atoms with E-state index in [1.807, 2.05) is 13.8 Å². The molecule has 136 valence electrons. The van der Waals surface area contributed by atoms with Gasteiger partial charge in [-0.25, -0.2) is 17.5 Å². The Morgan fingerprint density at radius 2 is 1.77 bits per heavy atom. The molecule has 0 radical (unpaired) electrons. The molecule has 0 spiro atoms. The lowest BCUT2D eigenvalue weighted by atomic mass is 10.0. The van der Waals surface area contributed by atoms with Crippen molar-refractivity contribution in [1.82, 2.24) is 14.9 Å². The molecule has 0 aliphatic heterocycles. The molecule has 1 heterocycles. The van der Waals surface area contributed by atoms with Gasteiger partial charge in [0.05, 0.1) is 17.0 Å². The molecule has 0 aliphatic rings. The van der Waals surface area contributed by atoms with Gasteiger partial charge in [-0.15, -0.1) is 10.2 Å². The van der Waals surface area contributed by atoms with Gasteiger partial charge in [0.25, 0.3) is 5.89 Å². The summed E-state index contributed by atoms with van der Waals surface area (Å²) in [6.45, 7) is 3.88. The predicted molar refractivity (Wildman–Crippen MR) is 94.2 cm³/mol. The molecular formula is C18H18FN3O3S. The van der Waals surface area contributed by atoms with Crippen LogP contribution in [0.15, 0.2) is 57.8 Å². The highest BCUT2D eigenvalue weighted by Crippen LogP contribution is 2.21. The molecule has 26 heavy (non-hydrogen) atoms. The SMILES string of the molecule is CC(C)c1ccc(S(=O)(=O)NCc2nnc(-c3ccccc3F)o2)cc1. The van der Waals surface area contributed by atoms with Gasteiger partial charge in [-0.3, -0.25) is 0 Å². The Balaban J connectivity index is 1.71. The molecule has 8 heteroatoms. The third-order valence-electron chi connectivity index (χ3n) is 3.84. The topological polar surface area (TPSA) is 85.1 Å². The zero-order valence-corrected chi connectivity index (χ0v) is 15.1. The molecule has 3 aromatic rings. The van der Waals surface area contributed by atoms with E-state index in [1.54, 1.807) is 36.4 Å². The van der Waals surface area contributed by atoms with Crippen LogP contribution in [0.1, 0.15) is 31.2 Å². The number of sulfonamides is 1. The second kappa shape index (κ2) is 7.35. The highest BCUT2D eigenvalue weighted by Gasteiger charge is 2.17. The van der Waals surface area contributed by atoms with E-state index in [-0.39, 0.29) is 28.8 Å². The van der Waals surface area contributed by atoms with Gasteiger partial charge in [0.2, 0.25) is 15.9 Å². The summed E-state index contributed by atoms with van der Waals surface area (Å²) in [5.41, 5.74) is 1.22. The summed E-state index contributed by atoms with van der Waals surface area (Å²) >= 11 is 0. The summed E-state index contributed by atoms with van der Waals surface area (Å²) in [5.74, 6) is -0.132. The first-order chi connectivity index (χ1) is 12.4. The summed E-state index contributed by atoms with van der Waals surface area (Å²) in [4.78, 5) is 0.149. The summed E-state index contributed by atoms with van der Waals surface area (Å²) < 4.78 is 46.2. The van der Waals surface area contributed by atoms with Crippen molar-refractivity contribution >= 4 is 10.0 Å². The highest BCUT2D eigenvalue weighted by molar-refractivity contribution is 7.89. The maximum absolute atomic E-state index is 13.7. The summed E-state index contributed by atoms with van der Waals surface area (Å²) in [5, 5.41) is 7.52. The van der Waals surface area contributed by atoms with Gasteiger partial charge in [0.1, 0.15) is 5.82 Å². The summed E-state index contributed by atoms with van der Waals surface area (Å²) in [6.07, 6.45) is 0. The number of benzene rings is 2. The first kappa shape index (κ1) is 18.2. The van der Waals surface area contributed by atoms with E-state index in [0.29, 0.717) is 5.92 Å². The average molecular weight is 375 g/mol.